The van der Waals surface area contributed by atoms with Gasteiger partial charge in [0, 0.05) is 10.9 Å². The molecule has 3 N–H and O–H groups in total. The molecular weight excluding hydrogens is 334 g/mol. The summed E-state index contributed by atoms with van der Waals surface area (Å²) in [7, 11) is 0. The summed E-state index contributed by atoms with van der Waals surface area (Å²) >= 11 is 0. The fraction of sp³-hybridized carbons (Fsp3) is 0.304. The number of benzene rings is 2. The van der Waals surface area contributed by atoms with Crippen LogP contribution in [0.2, 0.25) is 0 Å². The van der Waals surface area contributed by atoms with Crippen LogP contribution in [0.5, 0.6) is 0 Å². The van der Waals surface area contributed by atoms with E-state index >= 15 is 0 Å². The van der Waals surface area contributed by atoms with Crippen molar-refractivity contribution in [3.05, 3.63) is 71.9 Å². The van der Waals surface area contributed by atoms with Crippen LogP contribution in [-0.4, -0.2) is 10.9 Å². The van der Waals surface area contributed by atoms with Gasteiger partial charge >= 0.3 is 0 Å². The molecule has 0 radical (unpaired) electrons. The van der Waals surface area contributed by atoms with E-state index in [9.17, 15) is 4.79 Å². The average molecular weight is 359 g/mol. The Kier molecular flexibility index (Phi) is 4.34. The molecule has 4 nitrogen and oxygen atoms in total. The highest BCUT2D eigenvalue weighted by atomic mass is 16.1. The van der Waals surface area contributed by atoms with E-state index in [0.29, 0.717) is 16.9 Å². The Morgan fingerprint density at radius 3 is 2.52 bits per heavy atom. The van der Waals surface area contributed by atoms with Crippen LogP contribution in [0.3, 0.4) is 0 Å². The molecule has 1 unspecified atom stereocenters. The zero-order valence-corrected chi connectivity index (χ0v) is 15.8. The molecule has 0 aliphatic heterocycles. The number of nitrogens with two attached hydrogens (primary N) is 1. The fourth-order valence-corrected chi connectivity index (χ4v) is 4.25. The highest BCUT2D eigenvalue weighted by Crippen LogP contribution is 2.51. The molecule has 138 valence electrons. The molecule has 4 heteroatoms. The van der Waals surface area contributed by atoms with Crippen LogP contribution >= 0.6 is 0 Å². The van der Waals surface area contributed by atoms with Gasteiger partial charge in [0.25, 0.3) is 0 Å². The molecule has 0 spiro atoms. The van der Waals surface area contributed by atoms with Gasteiger partial charge in [0.1, 0.15) is 0 Å². The lowest BCUT2D eigenvalue weighted by Crippen LogP contribution is -2.38. The Labute approximate surface area is 159 Å². The zero-order chi connectivity index (χ0) is 19.0. The third-order valence-electron chi connectivity index (χ3n) is 5.57. The summed E-state index contributed by atoms with van der Waals surface area (Å²) < 4.78 is 0. The van der Waals surface area contributed by atoms with Crippen molar-refractivity contribution in [1.29, 1.82) is 0 Å². The van der Waals surface area contributed by atoms with Crippen molar-refractivity contribution in [2.75, 3.05) is 5.32 Å². The smallest absolute Gasteiger partial charge is 0.248 e. The standard InChI is InChI=1S/C23H25N3O/c1-23(2)12-18(13-23)21(15-7-9-16(10-8-15)22(24)27)26-19-11-17-5-3-4-6-20(17)25-14-19/h3-11,14,18,21,26H,12-13H2,1-2H3,(H2,24,27). The number of nitrogens with zero attached hydrogens (tertiary/aromatic N) is 1. The van der Waals surface area contributed by atoms with Crippen LogP contribution in [-0.2, 0) is 0 Å². The van der Waals surface area contributed by atoms with E-state index in [1.54, 1.807) is 0 Å². The van der Waals surface area contributed by atoms with E-state index in [2.05, 4.69) is 36.3 Å². The number of carbonyl (C=O) groups is 1. The van der Waals surface area contributed by atoms with E-state index in [1.807, 2.05) is 48.7 Å². The summed E-state index contributed by atoms with van der Waals surface area (Å²) in [6.45, 7) is 4.63. The van der Waals surface area contributed by atoms with Crippen LogP contribution < -0.4 is 11.1 Å². The molecule has 1 heterocycles. The van der Waals surface area contributed by atoms with Gasteiger partial charge in [0.05, 0.1) is 23.4 Å². The molecule has 1 aliphatic carbocycles. The SMILES string of the molecule is CC1(C)CC(C(Nc2cnc3ccccc3c2)c2ccc(C(N)=O)cc2)C1. The number of pyridine rings is 1. The first-order chi connectivity index (χ1) is 12.9. The van der Waals surface area contributed by atoms with Crippen LogP contribution in [0.1, 0.15) is 48.7 Å². The molecule has 2 aromatic carbocycles. The van der Waals surface area contributed by atoms with Gasteiger partial charge in [0.15, 0.2) is 0 Å². The maximum absolute atomic E-state index is 11.4. The number of rotatable bonds is 5. The lowest BCUT2D eigenvalue weighted by Gasteiger charge is -2.47. The monoisotopic (exact) mass is 359 g/mol. The van der Waals surface area contributed by atoms with Gasteiger partial charge in [-0.3, -0.25) is 9.78 Å². The number of anilines is 1. The first-order valence-corrected chi connectivity index (χ1v) is 9.42. The van der Waals surface area contributed by atoms with E-state index in [-0.39, 0.29) is 6.04 Å². The number of aromatic nitrogens is 1. The van der Waals surface area contributed by atoms with E-state index in [4.69, 9.17) is 5.73 Å². The lowest BCUT2D eigenvalue weighted by molar-refractivity contribution is 0.0812. The molecule has 1 atom stereocenters. The molecular formula is C23H25N3O. The highest BCUT2D eigenvalue weighted by molar-refractivity contribution is 5.92. The van der Waals surface area contributed by atoms with Gasteiger partial charge in [-0.15, -0.1) is 0 Å². The van der Waals surface area contributed by atoms with Crippen molar-refractivity contribution in [2.24, 2.45) is 17.1 Å². The summed E-state index contributed by atoms with van der Waals surface area (Å²) in [6.07, 6.45) is 4.24. The number of amides is 1. The minimum atomic E-state index is -0.394. The molecule has 1 amide bonds. The Hall–Kier alpha value is -2.88. The highest BCUT2D eigenvalue weighted by Gasteiger charge is 2.41. The molecule has 1 aromatic heterocycles. The van der Waals surface area contributed by atoms with Gasteiger partial charge in [-0.2, -0.15) is 0 Å². The van der Waals surface area contributed by atoms with Gasteiger partial charge in [-0.25, -0.2) is 0 Å². The number of nitrogens with one attached hydrogen (secondary N) is 1. The lowest BCUT2D eigenvalue weighted by atomic mass is 9.61. The van der Waals surface area contributed by atoms with Crippen molar-refractivity contribution in [3.63, 3.8) is 0 Å². The second-order valence-corrected chi connectivity index (χ2v) is 8.36. The van der Waals surface area contributed by atoms with Crippen molar-refractivity contribution in [2.45, 2.75) is 32.7 Å². The van der Waals surface area contributed by atoms with Crippen LogP contribution in [0.25, 0.3) is 10.9 Å². The zero-order valence-electron chi connectivity index (χ0n) is 15.8. The number of primary amides is 1. The van der Waals surface area contributed by atoms with Crippen molar-refractivity contribution in [1.82, 2.24) is 4.98 Å². The molecule has 4 rings (SSSR count). The molecule has 1 fully saturated rings. The van der Waals surface area contributed by atoms with E-state index < -0.39 is 5.91 Å². The quantitative estimate of drug-likeness (QED) is 0.679. The van der Waals surface area contributed by atoms with Gasteiger partial charge < -0.3 is 11.1 Å². The van der Waals surface area contributed by atoms with Gasteiger partial charge in [-0.1, -0.05) is 44.2 Å². The maximum Gasteiger partial charge on any atom is 0.248 e. The summed E-state index contributed by atoms with van der Waals surface area (Å²) in [5, 5.41) is 4.82. The number of carbonyl (C=O) groups excluding carboxylic acids is 1. The Morgan fingerprint density at radius 2 is 1.85 bits per heavy atom. The second-order valence-electron chi connectivity index (χ2n) is 8.36. The van der Waals surface area contributed by atoms with Crippen LogP contribution in [0, 0.1) is 11.3 Å². The topological polar surface area (TPSA) is 68.0 Å². The summed E-state index contributed by atoms with van der Waals surface area (Å²) in [5.41, 5.74) is 9.50. The average Bonchev–Trinajstić information content (AvgIpc) is 2.64. The van der Waals surface area contributed by atoms with E-state index in [1.165, 1.54) is 18.4 Å². The Morgan fingerprint density at radius 1 is 1.15 bits per heavy atom. The van der Waals surface area contributed by atoms with E-state index in [0.717, 1.165) is 16.6 Å². The second kappa shape index (κ2) is 6.69. The minimum absolute atomic E-state index is 0.183. The number of para-hydroxylation sites is 1. The van der Waals surface area contributed by atoms with Crippen molar-refractivity contribution >= 4 is 22.5 Å². The predicted molar refractivity (Wildman–Crippen MR) is 110 cm³/mol. The largest absolute Gasteiger partial charge is 0.377 e. The number of hydrogen-bond donors (Lipinski definition) is 2. The van der Waals surface area contributed by atoms with Crippen molar-refractivity contribution in [3.8, 4) is 0 Å². The first kappa shape index (κ1) is 17.5. The predicted octanol–water partition coefficient (Wildman–Crippen LogP) is 4.92. The molecule has 27 heavy (non-hydrogen) atoms. The third kappa shape index (κ3) is 3.65. The Bertz CT molecular complexity index is 970. The molecule has 3 aromatic rings. The molecule has 0 bridgehead atoms. The number of fused-ring (bicyclic) bond motifs is 1. The van der Waals surface area contributed by atoms with Crippen LogP contribution in [0.15, 0.2) is 60.8 Å². The summed E-state index contributed by atoms with van der Waals surface area (Å²) in [5.74, 6) is 0.153. The Balaban J connectivity index is 1.63. The number of hydrogen-bond acceptors (Lipinski definition) is 3. The summed E-state index contributed by atoms with van der Waals surface area (Å²) in [6, 6.07) is 18.1. The molecule has 1 saturated carbocycles. The third-order valence-corrected chi connectivity index (χ3v) is 5.57. The normalized spacial score (nSPS) is 17.3. The van der Waals surface area contributed by atoms with Gasteiger partial charge in [0.2, 0.25) is 5.91 Å². The minimum Gasteiger partial charge on any atom is -0.377 e. The van der Waals surface area contributed by atoms with Crippen molar-refractivity contribution < 1.29 is 4.79 Å². The van der Waals surface area contributed by atoms with Crippen LogP contribution in [0.4, 0.5) is 5.69 Å². The summed E-state index contributed by atoms with van der Waals surface area (Å²) in [4.78, 5) is 16.0. The molecule has 0 saturated heterocycles. The molecule has 1 aliphatic rings. The fourth-order valence-electron chi connectivity index (χ4n) is 4.25. The first-order valence-electron chi connectivity index (χ1n) is 9.42. The van der Waals surface area contributed by atoms with Gasteiger partial charge in [-0.05, 0) is 54.0 Å². The maximum atomic E-state index is 11.4.